The maximum absolute atomic E-state index is 11.9. The van der Waals surface area contributed by atoms with E-state index in [9.17, 15) is 10.2 Å². The van der Waals surface area contributed by atoms with Crippen LogP contribution in [0.5, 0.6) is 11.5 Å². The van der Waals surface area contributed by atoms with Crippen LogP contribution in [0.3, 0.4) is 0 Å². The van der Waals surface area contributed by atoms with Crippen molar-refractivity contribution in [1.29, 1.82) is 0 Å². The van der Waals surface area contributed by atoms with Gasteiger partial charge in [0.2, 0.25) is 0 Å². The molecule has 1 spiro atoms. The third kappa shape index (κ3) is 1.98. The standard InChI is InChI=1S/C22H31NO3/c1-3-5-18-22-10-11-23(13-14-6-4-7-14)17(21(22,2)25)12-15-8-9-16(24)20(26-18)19(15)22/h8-9,14,17-18,24-25H,3-7,10-13H2,1-2H3/t17-,18?,21-,22-/m1/s1. The highest BCUT2D eigenvalue weighted by Gasteiger charge is 2.67. The van der Waals surface area contributed by atoms with Crippen LogP contribution in [0, 0.1) is 5.92 Å². The number of likely N-dealkylation sites (tertiary alicyclic amines) is 1. The maximum atomic E-state index is 11.9. The molecule has 2 heterocycles. The summed E-state index contributed by atoms with van der Waals surface area (Å²) >= 11 is 0. The molecule has 2 N–H and O–H groups in total. The van der Waals surface area contributed by atoms with Gasteiger partial charge in [0.15, 0.2) is 11.5 Å². The average Bonchev–Trinajstić information content (AvgIpc) is 2.88. The van der Waals surface area contributed by atoms with E-state index in [1.807, 2.05) is 6.92 Å². The SMILES string of the molecule is CCCC1Oc2c(O)ccc3c2[C@@]12CCN(CC1CCC1)[C@H](C3)[C@@]2(C)O. The van der Waals surface area contributed by atoms with Gasteiger partial charge >= 0.3 is 0 Å². The monoisotopic (exact) mass is 357 g/mol. The molecule has 0 aromatic heterocycles. The number of ether oxygens (including phenoxy) is 1. The fraction of sp³-hybridized carbons (Fsp3) is 0.727. The summed E-state index contributed by atoms with van der Waals surface area (Å²) in [5.74, 6) is 1.68. The molecular formula is C22H31NO3. The Bertz CT molecular complexity index is 726. The van der Waals surface area contributed by atoms with Gasteiger partial charge in [-0.2, -0.15) is 0 Å². The second kappa shape index (κ2) is 5.62. The Kier molecular flexibility index (Phi) is 3.65. The summed E-state index contributed by atoms with van der Waals surface area (Å²) in [6.45, 7) is 6.36. The summed E-state index contributed by atoms with van der Waals surface area (Å²) in [5, 5.41) is 22.4. The lowest BCUT2D eigenvalue weighted by Gasteiger charge is -2.60. The largest absolute Gasteiger partial charge is 0.504 e. The molecule has 2 aliphatic heterocycles. The van der Waals surface area contributed by atoms with Gasteiger partial charge in [0.1, 0.15) is 6.10 Å². The predicted octanol–water partition coefficient (Wildman–Crippen LogP) is 3.37. The summed E-state index contributed by atoms with van der Waals surface area (Å²) in [6, 6.07) is 3.99. The quantitative estimate of drug-likeness (QED) is 0.867. The van der Waals surface area contributed by atoms with E-state index in [2.05, 4.69) is 17.9 Å². The Morgan fingerprint density at radius 1 is 1.31 bits per heavy atom. The summed E-state index contributed by atoms with van der Waals surface area (Å²) < 4.78 is 6.33. The van der Waals surface area contributed by atoms with Gasteiger partial charge in [0.05, 0.1) is 11.0 Å². The van der Waals surface area contributed by atoms with Crippen molar-refractivity contribution < 1.29 is 14.9 Å². The predicted molar refractivity (Wildman–Crippen MR) is 101 cm³/mol. The van der Waals surface area contributed by atoms with Crippen LogP contribution in [0.2, 0.25) is 0 Å². The topological polar surface area (TPSA) is 52.9 Å². The van der Waals surface area contributed by atoms with Crippen molar-refractivity contribution in [3.05, 3.63) is 23.3 Å². The molecule has 5 rings (SSSR count). The van der Waals surface area contributed by atoms with Crippen molar-refractivity contribution in [2.45, 2.75) is 82.0 Å². The highest BCUT2D eigenvalue weighted by atomic mass is 16.5. The van der Waals surface area contributed by atoms with E-state index in [1.165, 1.54) is 24.8 Å². The fourth-order valence-corrected chi connectivity index (χ4v) is 6.37. The number of aromatic hydroxyl groups is 1. The lowest BCUT2D eigenvalue weighted by Crippen LogP contribution is -2.73. The Morgan fingerprint density at radius 2 is 2.12 bits per heavy atom. The van der Waals surface area contributed by atoms with E-state index >= 15 is 0 Å². The van der Waals surface area contributed by atoms with Crippen molar-refractivity contribution in [1.82, 2.24) is 4.90 Å². The zero-order valence-corrected chi connectivity index (χ0v) is 16.0. The fourth-order valence-electron chi connectivity index (χ4n) is 6.37. The minimum atomic E-state index is -0.832. The van der Waals surface area contributed by atoms with E-state index < -0.39 is 5.60 Å². The van der Waals surface area contributed by atoms with Crippen LogP contribution >= 0.6 is 0 Å². The number of rotatable bonds is 4. The van der Waals surface area contributed by atoms with E-state index in [1.54, 1.807) is 6.07 Å². The summed E-state index contributed by atoms with van der Waals surface area (Å²) in [7, 11) is 0. The number of phenols is 1. The Balaban J connectivity index is 1.62. The zero-order chi connectivity index (χ0) is 18.1. The minimum Gasteiger partial charge on any atom is -0.504 e. The van der Waals surface area contributed by atoms with Crippen LogP contribution in [0.25, 0.3) is 0 Å². The number of aliphatic hydroxyl groups is 1. The van der Waals surface area contributed by atoms with Gasteiger partial charge in [-0.25, -0.2) is 0 Å². The molecule has 4 aliphatic rings. The first-order valence-electron chi connectivity index (χ1n) is 10.5. The number of phenolic OH excluding ortho intramolecular Hbond substituents is 1. The average molecular weight is 357 g/mol. The molecule has 0 amide bonds. The molecule has 2 fully saturated rings. The van der Waals surface area contributed by atoms with E-state index in [0.717, 1.165) is 50.3 Å². The van der Waals surface area contributed by atoms with E-state index in [4.69, 9.17) is 4.74 Å². The van der Waals surface area contributed by atoms with Crippen LogP contribution < -0.4 is 4.74 Å². The van der Waals surface area contributed by atoms with Gasteiger partial charge in [0.25, 0.3) is 0 Å². The Labute approximate surface area is 156 Å². The first-order valence-corrected chi connectivity index (χ1v) is 10.5. The Hall–Kier alpha value is -1.26. The third-order valence-electron chi connectivity index (χ3n) is 7.95. The Morgan fingerprint density at radius 3 is 2.81 bits per heavy atom. The molecule has 26 heavy (non-hydrogen) atoms. The molecule has 142 valence electrons. The first kappa shape index (κ1) is 16.9. The van der Waals surface area contributed by atoms with Crippen LogP contribution in [0.1, 0.15) is 63.5 Å². The molecular weight excluding hydrogens is 326 g/mol. The molecule has 4 nitrogen and oxygen atoms in total. The number of fused-ring (bicyclic) bond motifs is 1. The first-order chi connectivity index (χ1) is 12.5. The van der Waals surface area contributed by atoms with Gasteiger partial charge in [-0.15, -0.1) is 0 Å². The summed E-state index contributed by atoms with van der Waals surface area (Å²) in [5.41, 5.74) is 1.17. The van der Waals surface area contributed by atoms with Crippen LogP contribution in [-0.4, -0.2) is 45.9 Å². The van der Waals surface area contributed by atoms with Crippen molar-refractivity contribution in [2.24, 2.45) is 5.92 Å². The molecule has 1 aromatic rings. The van der Waals surface area contributed by atoms with E-state index in [0.29, 0.717) is 5.75 Å². The number of benzene rings is 1. The smallest absolute Gasteiger partial charge is 0.165 e. The van der Waals surface area contributed by atoms with Crippen LogP contribution in [0.4, 0.5) is 0 Å². The highest BCUT2D eigenvalue weighted by Crippen LogP contribution is 2.62. The lowest BCUT2D eigenvalue weighted by atomic mass is 9.53. The summed E-state index contributed by atoms with van der Waals surface area (Å²) in [4.78, 5) is 2.56. The number of hydrogen-bond acceptors (Lipinski definition) is 4. The molecule has 1 saturated carbocycles. The van der Waals surface area contributed by atoms with Crippen LogP contribution in [-0.2, 0) is 11.8 Å². The van der Waals surface area contributed by atoms with Gasteiger partial charge in [-0.1, -0.05) is 25.8 Å². The lowest BCUT2D eigenvalue weighted by molar-refractivity contribution is -0.158. The van der Waals surface area contributed by atoms with Gasteiger partial charge in [-0.05, 0) is 63.1 Å². The zero-order valence-electron chi connectivity index (χ0n) is 16.0. The van der Waals surface area contributed by atoms with Crippen LogP contribution in [0.15, 0.2) is 12.1 Å². The molecule has 0 radical (unpaired) electrons. The van der Waals surface area contributed by atoms with Crippen molar-refractivity contribution in [2.75, 3.05) is 13.1 Å². The highest BCUT2D eigenvalue weighted by molar-refractivity contribution is 5.61. The van der Waals surface area contributed by atoms with Crippen molar-refractivity contribution in [3.8, 4) is 11.5 Å². The number of piperidine rings is 1. The number of hydrogen-bond donors (Lipinski definition) is 2. The van der Waals surface area contributed by atoms with E-state index in [-0.39, 0.29) is 23.3 Å². The molecule has 1 unspecified atom stereocenters. The number of nitrogens with zero attached hydrogens (tertiary/aromatic N) is 1. The van der Waals surface area contributed by atoms with Crippen molar-refractivity contribution in [3.63, 3.8) is 0 Å². The summed E-state index contributed by atoms with van der Waals surface area (Å²) in [6.07, 6.45) is 7.70. The molecule has 1 saturated heterocycles. The molecule has 4 heteroatoms. The molecule has 2 aliphatic carbocycles. The van der Waals surface area contributed by atoms with Gasteiger partial charge in [0, 0.05) is 18.2 Å². The second-order valence-corrected chi connectivity index (χ2v) is 9.22. The minimum absolute atomic E-state index is 0.0433. The molecule has 4 atom stereocenters. The maximum Gasteiger partial charge on any atom is 0.165 e. The molecule has 1 aromatic carbocycles. The van der Waals surface area contributed by atoms with Crippen molar-refractivity contribution >= 4 is 0 Å². The van der Waals surface area contributed by atoms with Gasteiger partial charge < -0.3 is 14.9 Å². The van der Waals surface area contributed by atoms with Gasteiger partial charge in [-0.3, -0.25) is 4.90 Å². The normalized spacial score (nSPS) is 38.6. The second-order valence-electron chi connectivity index (χ2n) is 9.22. The molecule has 2 bridgehead atoms. The third-order valence-corrected chi connectivity index (χ3v) is 7.95.